The molecule has 1 atom stereocenters. The van der Waals surface area contributed by atoms with E-state index in [1.165, 1.54) is 5.01 Å². The first kappa shape index (κ1) is 16.2. The van der Waals surface area contributed by atoms with Crippen LogP contribution in [-0.4, -0.2) is 38.8 Å². The van der Waals surface area contributed by atoms with Gasteiger partial charge in [0, 0.05) is 30.3 Å². The zero-order chi connectivity index (χ0) is 16.4. The van der Waals surface area contributed by atoms with Crippen molar-refractivity contribution in [3.8, 4) is 0 Å². The van der Waals surface area contributed by atoms with Crippen molar-refractivity contribution in [3.05, 3.63) is 33.8 Å². The maximum Gasteiger partial charge on any atom is 0.271 e. The number of amides is 1. The molecule has 2 aromatic heterocycles. The van der Waals surface area contributed by atoms with Crippen molar-refractivity contribution in [3.63, 3.8) is 0 Å². The Bertz CT molecular complexity index is 676. The summed E-state index contributed by atoms with van der Waals surface area (Å²) in [7, 11) is 0. The van der Waals surface area contributed by atoms with Crippen LogP contribution >= 0.6 is 11.3 Å². The van der Waals surface area contributed by atoms with Gasteiger partial charge < -0.3 is 9.88 Å². The second kappa shape index (κ2) is 6.83. The molecule has 5 nitrogen and oxygen atoms in total. The van der Waals surface area contributed by atoms with Crippen LogP contribution in [0.15, 0.2) is 11.6 Å². The lowest BCUT2D eigenvalue weighted by Gasteiger charge is -2.31. The molecule has 1 aliphatic rings. The van der Waals surface area contributed by atoms with E-state index in [0.717, 1.165) is 43.9 Å². The highest BCUT2D eigenvalue weighted by Gasteiger charge is 2.28. The third kappa shape index (κ3) is 3.47. The summed E-state index contributed by atoms with van der Waals surface area (Å²) in [5.74, 6) is 1.59. The number of H-pyrrole nitrogens is 1. The van der Waals surface area contributed by atoms with Crippen molar-refractivity contribution in [1.82, 2.24) is 19.9 Å². The number of carbonyl (C=O) groups is 1. The molecule has 0 aliphatic carbocycles. The molecule has 3 rings (SSSR count). The molecule has 1 aliphatic heterocycles. The van der Waals surface area contributed by atoms with E-state index in [9.17, 15) is 4.79 Å². The Morgan fingerprint density at radius 3 is 3.00 bits per heavy atom. The molecule has 0 radical (unpaired) electrons. The molecule has 23 heavy (non-hydrogen) atoms. The van der Waals surface area contributed by atoms with Crippen LogP contribution in [0.2, 0.25) is 0 Å². The van der Waals surface area contributed by atoms with E-state index >= 15 is 0 Å². The molecule has 1 saturated heterocycles. The summed E-state index contributed by atoms with van der Waals surface area (Å²) in [5.41, 5.74) is 1.76. The number of hydrogen-bond donors (Lipinski definition) is 1. The van der Waals surface area contributed by atoms with E-state index in [1.807, 2.05) is 4.90 Å². The van der Waals surface area contributed by atoms with E-state index < -0.39 is 0 Å². The summed E-state index contributed by atoms with van der Waals surface area (Å²) in [5, 5.41) is 3.31. The molecule has 0 spiro atoms. The van der Waals surface area contributed by atoms with Crippen molar-refractivity contribution >= 4 is 17.2 Å². The average molecular weight is 332 g/mol. The van der Waals surface area contributed by atoms with Crippen molar-refractivity contribution in [2.45, 2.75) is 51.9 Å². The molecular formula is C17H24N4OS. The first-order valence-electron chi connectivity index (χ1n) is 8.37. The molecular weight excluding hydrogens is 308 g/mol. The highest BCUT2D eigenvalue weighted by molar-refractivity contribution is 7.09. The van der Waals surface area contributed by atoms with Crippen molar-refractivity contribution in [2.75, 3.05) is 13.1 Å². The Balaban J connectivity index is 1.70. The quantitative estimate of drug-likeness (QED) is 0.931. The molecule has 0 bridgehead atoms. The van der Waals surface area contributed by atoms with Crippen molar-refractivity contribution in [2.24, 2.45) is 0 Å². The monoisotopic (exact) mass is 332 g/mol. The number of likely N-dealkylation sites (tertiary alicyclic amines) is 1. The van der Waals surface area contributed by atoms with Gasteiger partial charge in [0.05, 0.1) is 16.9 Å². The molecule has 2 aromatic rings. The molecule has 0 unspecified atom stereocenters. The number of nitrogens with one attached hydrogen (secondary N) is 1. The first-order valence-corrected chi connectivity index (χ1v) is 9.25. The van der Waals surface area contributed by atoms with E-state index in [4.69, 9.17) is 4.98 Å². The topological polar surface area (TPSA) is 61.9 Å². The summed E-state index contributed by atoms with van der Waals surface area (Å²) in [6.45, 7) is 7.83. The standard InChI is InChI=1S/C17H24N4OS/c1-4-13-10-23-16(19-13)12-6-5-7-21(9-12)17(22)14-8-18-15(20-14)11(2)3/h8,10-12H,4-7,9H2,1-3H3,(H,18,20)/t12-/m1/s1. The predicted octanol–water partition coefficient (Wildman–Crippen LogP) is 3.57. The second-order valence-corrected chi connectivity index (χ2v) is 7.35. The molecule has 0 saturated carbocycles. The summed E-state index contributed by atoms with van der Waals surface area (Å²) in [6, 6.07) is 0. The lowest BCUT2D eigenvalue weighted by atomic mass is 9.98. The molecule has 1 fully saturated rings. The zero-order valence-electron chi connectivity index (χ0n) is 14.0. The molecule has 6 heteroatoms. The number of rotatable bonds is 4. The van der Waals surface area contributed by atoms with Gasteiger partial charge in [-0.2, -0.15) is 0 Å². The maximum atomic E-state index is 12.7. The van der Waals surface area contributed by atoms with Gasteiger partial charge in [0.15, 0.2) is 0 Å². The Morgan fingerprint density at radius 2 is 2.35 bits per heavy atom. The maximum absolute atomic E-state index is 12.7. The molecule has 1 amide bonds. The average Bonchev–Trinajstić information content (AvgIpc) is 3.23. The number of aryl methyl sites for hydroxylation is 1. The molecule has 3 heterocycles. The van der Waals surface area contributed by atoms with Gasteiger partial charge in [-0.1, -0.05) is 20.8 Å². The minimum absolute atomic E-state index is 0.0568. The normalized spacial score (nSPS) is 18.6. The van der Waals surface area contributed by atoms with Crippen LogP contribution in [0.1, 0.15) is 72.5 Å². The third-order valence-corrected chi connectivity index (χ3v) is 5.42. The molecule has 124 valence electrons. The van der Waals surface area contributed by atoms with Crippen LogP contribution in [0, 0.1) is 0 Å². The van der Waals surface area contributed by atoms with Crippen LogP contribution in [0.25, 0.3) is 0 Å². The van der Waals surface area contributed by atoms with E-state index in [0.29, 0.717) is 17.5 Å². The van der Waals surface area contributed by atoms with Crippen LogP contribution in [0.5, 0.6) is 0 Å². The van der Waals surface area contributed by atoms with Gasteiger partial charge in [0.25, 0.3) is 5.91 Å². The molecule has 1 N–H and O–H groups in total. The van der Waals surface area contributed by atoms with E-state index in [1.54, 1.807) is 17.5 Å². The largest absolute Gasteiger partial charge is 0.338 e. The number of nitrogens with zero attached hydrogens (tertiary/aromatic N) is 3. The fraction of sp³-hybridized carbons (Fsp3) is 0.588. The number of aromatic amines is 1. The van der Waals surface area contributed by atoms with Crippen molar-refractivity contribution in [1.29, 1.82) is 0 Å². The van der Waals surface area contributed by atoms with Gasteiger partial charge in [0.2, 0.25) is 0 Å². The lowest BCUT2D eigenvalue weighted by Crippen LogP contribution is -2.39. The Hall–Kier alpha value is -1.69. The van der Waals surface area contributed by atoms with E-state index in [-0.39, 0.29) is 5.91 Å². The van der Waals surface area contributed by atoms with Crippen LogP contribution in [-0.2, 0) is 6.42 Å². The summed E-state index contributed by atoms with van der Waals surface area (Å²) in [6.07, 6.45) is 4.78. The summed E-state index contributed by atoms with van der Waals surface area (Å²) < 4.78 is 0. The van der Waals surface area contributed by atoms with Gasteiger partial charge in [-0.3, -0.25) is 4.79 Å². The fourth-order valence-electron chi connectivity index (χ4n) is 2.94. The van der Waals surface area contributed by atoms with Crippen LogP contribution in [0.3, 0.4) is 0 Å². The summed E-state index contributed by atoms with van der Waals surface area (Å²) in [4.78, 5) is 26.8. The van der Waals surface area contributed by atoms with Crippen LogP contribution in [0.4, 0.5) is 0 Å². The highest BCUT2D eigenvalue weighted by atomic mass is 32.1. The van der Waals surface area contributed by atoms with Gasteiger partial charge >= 0.3 is 0 Å². The Kier molecular flexibility index (Phi) is 4.80. The van der Waals surface area contributed by atoms with Crippen molar-refractivity contribution < 1.29 is 4.79 Å². The number of piperidine rings is 1. The number of thiazole rings is 1. The SMILES string of the molecule is CCc1csc([C@@H]2CCCN(C(=O)c3cnc(C(C)C)[nH]3)C2)n1. The van der Waals surface area contributed by atoms with E-state index in [2.05, 4.69) is 36.1 Å². The Morgan fingerprint density at radius 1 is 1.52 bits per heavy atom. The van der Waals surface area contributed by atoms with Gasteiger partial charge in [-0.25, -0.2) is 9.97 Å². The third-order valence-electron chi connectivity index (χ3n) is 4.36. The minimum atomic E-state index is 0.0568. The smallest absolute Gasteiger partial charge is 0.271 e. The van der Waals surface area contributed by atoms with Gasteiger partial charge in [-0.15, -0.1) is 11.3 Å². The lowest BCUT2D eigenvalue weighted by molar-refractivity contribution is 0.0701. The van der Waals surface area contributed by atoms with Gasteiger partial charge in [0.1, 0.15) is 11.5 Å². The number of imidazole rings is 1. The number of hydrogen-bond acceptors (Lipinski definition) is 4. The minimum Gasteiger partial charge on any atom is -0.338 e. The fourth-order valence-corrected chi connectivity index (χ4v) is 3.98. The number of aromatic nitrogens is 3. The molecule has 0 aromatic carbocycles. The highest BCUT2D eigenvalue weighted by Crippen LogP contribution is 2.30. The van der Waals surface area contributed by atoms with Crippen LogP contribution < -0.4 is 0 Å². The second-order valence-electron chi connectivity index (χ2n) is 6.46. The first-order chi connectivity index (χ1) is 11.1. The summed E-state index contributed by atoms with van der Waals surface area (Å²) >= 11 is 1.73. The predicted molar refractivity (Wildman–Crippen MR) is 92.0 cm³/mol. The number of carbonyl (C=O) groups excluding carboxylic acids is 1. The van der Waals surface area contributed by atoms with Gasteiger partial charge in [-0.05, 0) is 19.3 Å². The zero-order valence-corrected chi connectivity index (χ0v) is 14.8. The Labute approximate surface area is 141 Å².